The third-order valence-electron chi connectivity index (χ3n) is 7.78. The van der Waals surface area contributed by atoms with Crippen molar-refractivity contribution in [1.82, 2.24) is 0 Å². The minimum Gasteiger partial charge on any atom is -0.469 e. The Labute approximate surface area is 214 Å². The summed E-state index contributed by atoms with van der Waals surface area (Å²) in [4.78, 5) is 45.6. The van der Waals surface area contributed by atoms with Crippen molar-refractivity contribution in [1.29, 1.82) is 5.26 Å². The Balaban J connectivity index is 0.000000329. The summed E-state index contributed by atoms with van der Waals surface area (Å²) in [6.45, 7) is 12.3. The predicted molar refractivity (Wildman–Crippen MR) is 131 cm³/mol. The summed E-state index contributed by atoms with van der Waals surface area (Å²) in [5.41, 5.74) is 0. The van der Waals surface area contributed by atoms with Gasteiger partial charge in [0.2, 0.25) is 0 Å². The van der Waals surface area contributed by atoms with Crippen molar-refractivity contribution in [3.63, 3.8) is 0 Å². The maximum Gasteiger partial charge on any atom is 0.309 e. The molecule has 4 fully saturated rings. The predicted octanol–water partition coefficient (Wildman–Crippen LogP) is 2.69. The highest BCUT2D eigenvalue weighted by atomic mass is 35.5. The summed E-state index contributed by atoms with van der Waals surface area (Å²) in [5.74, 6) is -1.52. The Bertz CT molecular complexity index is 880. The van der Waals surface area contributed by atoms with E-state index in [4.69, 9.17) is 14.4 Å². The highest BCUT2D eigenvalue weighted by molar-refractivity contribution is 6.74. The SMILES string of the molecule is CC#N.COC(=O)[C@H]1[C@@H]2C(=O)C[C@@H](O)[C@@H]21.COC(=O)[C@H]1[C@@H]2C(=O)C[C@@H](O[Si](C)(C)C(C)(C)C)[C@@H]21.Cl. The molecular formula is C24H38ClNO8Si. The lowest BCUT2D eigenvalue weighted by Crippen LogP contribution is -2.44. The summed E-state index contributed by atoms with van der Waals surface area (Å²) in [7, 11) is 0.785. The first-order valence-corrected chi connectivity index (χ1v) is 14.5. The van der Waals surface area contributed by atoms with Crippen LogP contribution in [0.1, 0.15) is 40.5 Å². The van der Waals surface area contributed by atoms with E-state index >= 15 is 0 Å². The number of ether oxygens (including phenoxy) is 2. The first-order valence-electron chi connectivity index (χ1n) is 11.6. The van der Waals surface area contributed by atoms with Crippen LogP contribution < -0.4 is 0 Å². The molecule has 4 aliphatic carbocycles. The molecule has 35 heavy (non-hydrogen) atoms. The minimum absolute atomic E-state index is 0. The molecule has 0 spiro atoms. The fraction of sp³-hybridized carbons (Fsp3) is 0.792. The van der Waals surface area contributed by atoms with Gasteiger partial charge in [-0.15, -0.1) is 12.4 Å². The van der Waals surface area contributed by atoms with Gasteiger partial charge in [-0.3, -0.25) is 19.2 Å². The van der Waals surface area contributed by atoms with Gasteiger partial charge in [0.25, 0.3) is 0 Å². The molecular weight excluding hydrogens is 494 g/mol. The summed E-state index contributed by atoms with van der Waals surface area (Å²) in [5, 5.41) is 16.7. The van der Waals surface area contributed by atoms with Gasteiger partial charge in [-0.1, -0.05) is 20.8 Å². The van der Waals surface area contributed by atoms with Crippen LogP contribution in [0.2, 0.25) is 18.1 Å². The van der Waals surface area contributed by atoms with Crippen LogP contribution in [0.15, 0.2) is 0 Å². The van der Waals surface area contributed by atoms with Crippen molar-refractivity contribution in [2.24, 2.45) is 35.5 Å². The molecule has 8 atom stereocenters. The van der Waals surface area contributed by atoms with Crippen molar-refractivity contribution in [2.45, 2.75) is 70.9 Å². The van der Waals surface area contributed by atoms with E-state index in [1.54, 1.807) is 6.07 Å². The standard InChI is InChI=1S/C14H24O4Si.C8H10O4.C2H3N.ClH/c1-14(2,3)19(5,6)18-9-7-8(15)10-11(9)12(10)13(16)17-4;1-12-8(11)7-5-3(9)2-4(10)6(5)7;1-2-3;/h9-12H,7H2,1-6H3;3,5-7,9H,2H2,1H3;1H3;1H/t9-,10-,11+,12+;3-,5+,6-,7-;;/m11../s1. The Morgan fingerprint density at radius 1 is 0.971 bits per heavy atom. The van der Waals surface area contributed by atoms with Crippen molar-refractivity contribution in [3.8, 4) is 6.07 Å². The van der Waals surface area contributed by atoms with Crippen LogP contribution in [-0.4, -0.2) is 63.4 Å². The van der Waals surface area contributed by atoms with E-state index in [1.807, 2.05) is 0 Å². The zero-order valence-electron chi connectivity index (χ0n) is 21.7. The van der Waals surface area contributed by atoms with E-state index in [9.17, 15) is 24.3 Å². The number of Topliss-reactive ketones (excluding diaryl/α,β-unsaturated/α-hetero) is 2. The van der Waals surface area contributed by atoms with Gasteiger partial charge in [-0.05, 0) is 18.1 Å². The number of rotatable bonds is 4. The number of halogens is 1. The van der Waals surface area contributed by atoms with Gasteiger partial charge in [0.15, 0.2) is 8.32 Å². The van der Waals surface area contributed by atoms with E-state index in [0.717, 1.165) is 0 Å². The van der Waals surface area contributed by atoms with Crippen molar-refractivity contribution in [2.75, 3.05) is 14.2 Å². The second kappa shape index (κ2) is 11.5. The molecule has 11 heteroatoms. The van der Waals surface area contributed by atoms with Crippen molar-refractivity contribution < 1.29 is 38.2 Å². The van der Waals surface area contributed by atoms with Gasteiger partial charge in [0.05, 0.1) is 44.3 Å². The normalized spacial score (nSPS) is 33.8. The zero-order valence-corrected chi connectivity index (χ0v) is 23.5. The topological polar surface area (TPSA) is 140 Å². The van der Waals surface area contributed by atoms with E-state index in [1.165, 1.54) is 21.1 Å². The van der Waals surface area contributed by atoms with Gasteiger partial charge in [-0.25, -0.2) is 0 Å². The number of hydrogen-bond donors (Lipinski definition) is 1. The van der Waals surface area contributed by atoms with E-state index < -0.39 is 14.4 Å². The number of nitrogens with zero attached hydrogens (tertiary/aromatic N) is 1. The van der Waals surface area contributed by atoms with E-state index in [0.29, 0.717) is 6.42 Å². The Hall–Kier alpha value is -1.80. The molecule has 0 aliphatic heterocycles. The number of hydrogen-bond acceptors (Lipinski definition) is 9. The largest absolute Gasteiger partial charge is 0.469 e. The molecule has 4 aliphatic rings. The van der Waals surface area contributed by atoms with Crippen LogP contribution >= 0.6 is 12.4 Å². The maximum absolute atomic E-state index is 11.9. The number of methoxy groups -OCH3 is 2. The average molecular weight is 532 g/mol. The minimum atomic E-state index is -1.89. The number of aliphatic hydroxyl groups is 1. The monoisotopic (exact) mass is 531 g/mol. The number of ketones is 2. The molecule has 0 amide bonds. The van der Waals surface area contributed by atoms with Crippen LogP contribution in [0.3, 0.4) is 0 Å². The van der Waals surface area contributed by atoms with Crippen LogP contribution in [0.4, 0.5) is 0 Å². The van der Waals surface area contributed by atoms with Gasteiger partial charge in [0.1, 0.15) is 11.6 Å². The molecule has 4 saturated carbocycles. The molecule has 0 aromatic carbocycles. The summed E-state index contributed by atoms with van der Waals surface area (Å²) >= 11 is 0. The Morgan fingerprint density at radius 3 is 1.74 bits per heavy atom. The average Bonchev–Trinajstić information content (AvgIpc) is 3.60. The summed E-state index contributed by atoms with van der Waals surface area (Å²) in [6, 6.07) is 1.75. The zero-order chi connectivity index (χ0) is 26.2. The summed E-state index contributed by atoms with van der Waals surface area (Å²) < 4.78 is 15.6. The van der Waals surface area contributed by atoms with E-state index in [-0.39, 0.29) is 89.0 Å². The molecule has 0 aromatic heterocycles. The second-order valence-corrected chi connectivity index (χ2v) is 15.6. The third-order valence-corrected chi connectivity index (χ3v) is 12.3. The molecule has 0 unspecified atom stereocenters. The number of carbonyl (C=O) groups excluding carboxylic acids is 4. The number of nitriles is 1. The van der Waals surface area contributed by atoms with Crippen molar-refractivity contribution in [3.05, 3.63) is 0 Å². The van der Waals surface area contributed by atoms with Gasteiger partial charge in [0, 0.05) is 43.4 Å². The molecule has 198 valence electrons. The molecule has 0 aromatic rings. The van der Waals surface area contributed by atoms with Gasteiger partial charge in [-0.2, -0.15) is 5.26 Å². The molecule has 0 saturated heterocycles. The number of aliphatic hydroxyl groups excluding tert-OH is 1. The lowest BCUT2D eigenvalue weighted by molar-refractivity contribution is -0.145. The Morgan fingerprint density at radius 2 is 1.37 bits per heavy atom. The fourth-order valence-corrected chi connectivity index (χ4v) is 6.29. The molecule has 0 heterocycles. The molecule has 0 bridgehead atoms. The molecule has 1 N–H and O–H groups in total. The molecule has 9 nitrogen and oxygen atoms in total. The fourth-order valence-electron chi connectivity index (χ4n) is 4.94. The van der Waals surface area contributed by atoms with Crippen LogP contribution in [0.25, 0.3) is 0 Å². The number of fused-ring (bicyclic) bond motifs is 2. The highest BCUT2D eigenvalue weighted by Crippen LogP contribution is 2.58. The van der Waals surface area contributed by atoms with Crippen LogP contribution in [0, 0.1) is 46.8 Å². The summed E-state index contributed by atoms with van der Waals surface area (Å²) in [6.07, 6.45) is -0.0212. The van der Waals surface area contributed by atoms with Gasteiger partial charge < -0.3 is 19.0 Å². The lowest BCUT2D eigenvalue weighted by atomic mass is 10.1. The second-order valence-electron chi connectivity index (χ2n) is 10.9. The van der Waals surface area contributed by atoms with Crippen LogP contribution in [-0.2, 0) is 33.1 Å². The molecule has 0 radical (unpaired) electrons. The third kappa shape index (κ3) is 6.31. The van der Waals surface area contributed by atoms with Crippen molar-refractivity contribution >= 4 is 44.2 Å². The first kappa shape index (κ1) is 31.2. The maximum atomic E-state index is 11.9. The van der Waals surface area contributed by atoms with Gasteiger partial charge >= 0.3 is 11.9 Å². The lowest BCUT2D eigenvalue weighted by Gasteiger charge is -2.38. The number of esters is 2. The van der Waals surface area contributed by atoms with E-state index in [2.05, 4.69) is 38.6 Å². The first-order chi connectivity index (χ1) is 15.7. The molecule has 4 rings (SSSR count). The highest BCUT2D eigenvalue weighted by Gasteiger charge is 2.68. The smallest absolute Gasteiger partial charge is 0.309 e. The quantitative estimate of drug-likeness (QED) is 0.428. The number of carbonyl (C=O) groups is 4. The Kier molecular flexibility index (Phi) is 10.3. The van der Waals surface area contributed by atoms with Crippen LogP contribution in [0.5, 0.6) is 0 Å².